The number of thiazole rings is 1. The van der Waals surface area contributed by atoms with Gasteiger partial charge in [0.05, 0.1) is 27.4 Å². The second-order valence-corrected chi connectivity index (χ2v) is 8.23. The number of rotatable bonds is 8. The summed E-state index contributed by atoms with van der Waals surface area (Å²) in [5, 5.41) is 4.77. The van der Waals surface area contributed by atoms with Crippen molar-refractivity contribution in [1.82, 2.24) is 19.7 Å². The predicted molar refractivity (Wildman–Crippen MR) is 119 cm³/mol. The lowest BCUT2D eigenvalue weighted by Crippen LogP contribution is -2.39. The number of hydrogen-bond donors (Lipinski definition) is 0. The third kappa shape index (κ3) is 4.51. The number of hydrogen-bond acceptors (Lipinski definition) is 8. The molecule has 1 saturated heterocycles. The third-order valence-corrected chi connectivity index (χ3v) is 6.47. The van der Waals surface area contributed by atoms with Gasteiger partial charge < -0.3 is 14.2 Å². The Balaban J connectivity index is 1.64. The summed E-state index contributed by atoms with van der Waals surface area (Å²) in [7, 11) is 5.01. The lowest BCUT2D eigenvalue weighted by molar-refractivity contribution is 0.0376. The Labute approximate surface area is 185 Å². The van der Waals surface area contributed by atoms with Crippen LogP contribution in [0.3, 0.4) is 0 Å². The zero-order valence-electron chi connectivity index (χ0n) is 18.0. The number of amides is 1. The van der Waals surface area contributed by atoms with E-state index in [2.05, 4.69) is 10.00 Å². The number of aryl methyl sites for hydroxylation is 1. The van der Waals surface area contributed by atoms with Crippen LogP contribution in [0.1, 0.15) is 16.9 Å². The van der Waals surface area contributed by atoms with Crippen molar-refractivity contribution in [1.29, 1.82) is 0 Å². The minimum absolute atomic E-state index is 0.126. The highest BCUT2D eigenvalue weighted by atomic mass is 32.1. The van der Waals surface area contributed by atoms with E-state index in [1.807, 2.05) is 12.1 Å². The van der Waals surface area contributed by atoms with Gasteiger partial charge in [-0.1, -0.05) is 11.3 Å². The largest absolute Gasteiger partial charge is 0.495 e. The average Bonchev–Trinajstić information content (AvgIpc) is 3.43. The smallest absolute Gasteiger partial charge is 0.278 e. The van der Waals surface area contributed by atoms with Crippen LogP contribution in [0.5, 0.6) is 11.5 Å². The monoisotopic (exact) mass is 445 g/mol. The van der Waals surface area contributed by atoms with E-state index < -0.39 is 0 Å². The summed E-state index contributed by atoms with van der Waals surface area (Å²) in [5.74, 6) is 1.24. The van der Waals surface area contributed by atoms with Gasteiger partial charge in [-0.3, -0.25) is 19.3 Å². The molecule has 166 valence electrons. The maximum Gasteiger partial charge on any atom is 0.278 e. The first-order chi connectivity index (χ1) is 15.1. The summed E-state index contributed by atoms with van der Waals surface area (Å²) >= 11 is 1.43. The Morgan fingerprint density at radius 2 is 1.94 bits per heavy atom. The van der Waals surface area contributed by atoms with Crippen LogP contribution in [0.25, 0.3) is 10.2 Å². The molecule has 1 aliphatic heterocycles. The molecule has 0 spiro atoms. The molecule has 1 aliphatic rings. The van der Waals surface area contributed by atoms with Crippen molar-refractivity contribution >= 4 is 32.6 Å². The first-order valence-corrected chi connectivity index (χ1v) is 11.1. The molecule has 4 rings (SSSR count). The van der Waals surface area contributed by atoms with Gasteiger partial charge in [-0.2, -0.15) is 5.10 Å². The highest BCUT2D eigenvalue weighted by Crippen LogP contribution is 2.40. The van der Waals surface area contributed by atoms with Gasteiger partial charge in [-0.15, -0.1) is 0 Å². The van der Waals surface area contributed by atoms with Crippen molar-refractivity contribution < 1.29 is 19.0 Å². The highest BCUT2D eigenvalue weighted by molar-refractivity contribution is 7.22. The van der Waals surface area contributed by atoms with E-state index in [0.717, 1.165) is 44.0 Å². The lowest BCUT2D eigenvalue weighted by atomic mass is 10.3. The van der Waals surface area contributed by atoms with Crippen LogP contribution >= 0.6 is 11.3 Å². The summed E-state index contributed by atoms with van der Waals surface area (Å²) in [6, 6.07) is 5.41. The topological polar surface area (TPSA) is 82.0 Å². The number of fused-ring (bicyclic) bond motifs is 1. The molecule has 0 N–H and O–H groups in total. The second-order valence-electron chi connectivity index (χ2n) is 7.25. The van der Waals surface area contributed by atoms with E-state index in [4.69, 9.17) is 19.2 Å². The number of methoxy groups -OCH3 is 2. The summed E-state index contributed by atoms with van der Waals surface area (Å²) in [6.45, 7) is 4.81. The molecule has 3 aromatic rings. The minimum atomic E-state index is -0.126. The van der Waals surface area contributed by atoms with Gasteiger partial charge >= 0.3 is 0 Å². The van der Waals surface area contributed by atoms with Gasteiger partial charge in [0.1, 0.15) is 27.4 Å². The Hall–Kier alpha value is -2.69. The van der Waals surface area contributed by atoms with E-state index in [-0.39, 0.29) is 5.91 Å². The number of carbonyl (C=O) groups excluding carboxylic acids is 1. The molecule has 9 nitrogen and oxygen atoms in total. The van der Waals surface area contributed by atoms with Crippen LogP contribution in [0.4, 0.5) is 5.13 Å². The van der Waals surface area contributed by atoms with Crippen molar-refractivity contribution in [2.45, 2.75) is 6.42 Å². The molecule has 0 saturated carbocycles. The van der Waals surface area contributed by atoms with Gasteiger partial charge in [-0.25, -0.2) is 4.98 Å². The quantitative estimate of drug-likeness (QED) is 0.527. The number of anilines is 1. The van der Waals surface area contributed by atoms with Gasteiger partial charge in [0.15, 0.2) is 5.13 Å². The standard InChI is InChI=1S/C21H27N5O4S/c1-24-15(7-8-22-24)20(27)26(10-4-9-25-11-13-30-14-12-25)21-23-18-16(28-2)5-6-17(29-3)19(18)31-21/h5-8H,4,9-14H2,1-3H3. The van der Waals surface area contributed by atoms with Gasteiger partial charge in [-0.05, 0) is 24.6 Å². The number of carbonyl (C=O) groups is 1. The Kier molecular flexibility index (Phi) is 6.69. The van der Waals surface area contributed by atoms with Crippen LogP contribution in [-0.4, -0.2) is 79.2 Å². The molecule has 1 fully saturated rings. The zero-order chi connectivity index (χ0) is 21.8. The molecule has 1 aromatic carbocycles. The van der Waals surface area contributed by atoms with Crippen LogP contribution < -0.4 is 14.4 Å². The van der Waals surface area contributed by atoms with Crippen LogP contribution in [0.2, 0.25) is 0 Å². The molecule has 3 heterocycles. The fourth-order valence-electron chi connectivity index (χ4n) is 3.67. The number of ether oxygens (including phenoxy) is 3. The van der Waals surface area contributed by atoms with Crippen molar-refractivity contribution in [2.24, 2.45) is 7.05 Å². The molecular formula is C21H27N5O4S. The first-order valence-electron chi connectivity index (χ1n) is 10.2. The van der Waals surface area contributed by atoms with Crippen molar-refractivity contribution in [3.05, 3.63) is 30.1 Å². The minimum Gasteiger partial charge on any atom is -0.495 e. The molecule has 0 atom stereocenters. The number of morpholine rings is 1. The fraction of sp³-hybridized carbons (Fsp3) is 0.476. The third-order valence-electron chi connectivity index (χ3n) is 5.37. The summed E-state index contributed by atoms with van der Waals surface area (Å²) in [6.07, 6.45) is 2.46. The lowest BCUT2D eigenvalue weighted by Gasteiger charge is -2.27. The second kappa shape index (κ2) is 9.63. The first kappa shape index (κ1) is 21.5. The maximum absolute atomic E-state index is 13.4. The highest BCUT2D eigenvalue weighted by Gasteiger charge is 2.25. The Morgan fingerprint density at radius 1 is 1.19 bits per heavy atom. The Bertz CT molecular complexity index is 1000. The fourth-order valence-corrected chi connectivity index (χ4v) is 4.77. The van der Waals surface area contributed by atoms with Crippen LogP contribution in [0, 0.1) is 0 Å². The normalized spacial score (nSPS) is 14.7. The molecule has 1 amide bonds. The predicted octanol–water partition coefficient (Wildman–Crippen LogP) is 2.42. The number of aromatic nitrogens is 3. The molecule has 10 heteroatoms. The molecule has 0 unspecified atom stereocenters. The molecule has 31 heavy (non-hydrogen) atoms. The zero-order valence-corrected chi connectivity index (χ0v) is 18.9. The SMILES string of the molecule is COc1ccc(OC)c2sc(N(CCCN3CCOCC3)C(=O)c3ccnn3C)nc12. The maximum atomic E-state index is 13.4. The average molecular weight is 446 g/mol. The van der Waals surface area contributed by atoms with E-state index in [0.29, 0.717) is 34.4 Å². The van der Waals surface area contributed by atoms with E-state index in [1.54, 1.807) is 43.1 Å². The van der Waals surface area contributed by atoms with Crippen molar-refractivity contribution in [2.75, 3.05) is 58.5 Å². The molecule has 0 bridgehead atoms. The van der Waals surface area contributed by atoms with Gasteiger partial charge in [0.25, 0.3) is 5.91 Å². The Morgan fingerprint density at radius 3 is 2.61 bits per heavy atom. The van der Waals surface area contributed by atoms with Crippen LogP contribution in [-0.2, 0) is 11.8 Å². The molecule has 0 aliphatic carbocycles. The van der Waals surface area contributed by atoms with E-state index >= 15 is 0 Å². The van der Waals surface area contributed by atoms with Gasteiger partial charge in [0.2, 0.25) is 0 Å². The van der Waals surface area contributed by atoms with Crippen molar-refractivity contribution in [3.8, 4) is 11.5 Å². The number of nitrogens with zero attached hydrogens (tertiary/aromatic N) is 5. The summed E-state index contributed by atoms with van der Waals surface area (Å²) in [4.78, 5) is 22.3. The molecular weight excluding hydrogens is 418 g/mol. The summed E-state index contributed by atoms with van der Waals surface area (Å²) < 4.78 is 18.9. The molecule has 2 aromatic heterocycles. The van der Waals surface area contributed by atoms with Gasteiger partial charge in [0, 0.05) is 39.4 Å². The number of benzene rings is 1. The summed E-state index contributed by atoms with van der Waals surface area (Å²) in [5.41, 5.74) is 1.21. The van der Waals surface area contributed by atoms with E-state index in [1.165, 1.54) is 11.3 Å². The molecule has 0 radical (unpaired) electrons. The van der Waals surface area contributed by atoms with Crippen LogP contribution in [0.15, 0.2) is 24.4 Å². The van der Waals surface area contributed by atoms with Crippen molar-refractivity contribution in [3.63, 3.8) is 0 Å². The van der Waals surface area contributed by atoms with E-state index in [9.17, 15) is 4.79 Å².